The van der Waals surface area contributed by atoms with E-state index in [1.54, 1.807) is 14.2 Å². The second kappa shape index (κ2) is 7.40. The van der Waals surface area contributed by atoms with Crippen LogP contribution >= 0.6 is 0 Å². The largest absolute Gasteiger partial charge is 0.383 e. The number of hydrogen-bond donors (Lipinski definition) is 1. The molecule has 6 nitrogen and oxygen atoms in total. The van der Waals surface area contributed by atoms with E-state index >= 15 is 0 Å². The Morgan fingerprint density at radius 1 is 1.20 bits per heavy atom. The van der Waals surface area contributed by atoms with Crippen molar-refractivity contribution in [2.45, 2.75) is 18.8 Å². The molecule has 1 saturated carbocycles. The minimum absolute atomic E-state index is 0.536. The highest BCUT2D eigenvalue weighted by atomic mass is 16.5. The van der Waals surface area contributed by atoms with Crippen LogP contribution in [0, 0.1) is 0 Å². The van der Waals surface area contributed by atoms with Gasteiger partial charge in [-0.2, -0.15) is 0 Å². The molecule has 20 heavy (non-hydrogen) atoms. The summed E-state index contributed by atoms with van der Waals surface area (Å²) in [5.74, 6) is 3.30. The van der Waals surface area contributed by atoms with Crippen molar-refractivity contribution in [3.05, 3.63) is 11.9 Å². The summed E-state index contributed by atoms with van der Waals surface area (Å²) in [6, 6.07) is 1.98. The molecule has 0 unspecified atom stereocenters. The Balaban J connectivity index is 2.18. The number of anilines is 2. The fourth-order valence-corrected chi connectivity index (χ4v) is 2.01. The number of nitrogens with zero attached hydrogens (tertiary/aromatic N) is 3. The molecule has 0 amide bonds. The summed E-state index contributed by atoms with van der Waals surface area (Å²) in [5, 5.41) is 3.12. The van der Waals surface area contributed by atoms with Gasteiger partial charge in [-0.05, 0) is 12.8 Å². The second-order valence-corrected chi connectivity index (χ2v) is 4.97. The Morgan fingerprint density at radius 3 is 2.35 bits per heavy atom. The van der Waals surface area contributed by atoms with Crippen LogP contribution in [0.3, 0.4) is 0 Å². The Morgan fingerprint density at radius 2 is 1.85 bits per heavy atom. The first-order chi connectivity index (χ1) is 9.78. The van der Waals surface area contributed by atoms with Gasteiger partial charge in [0.2, 0.25) is 0 Å². The second-order valence-electron chi connectivity index (χ2n) is 4.97. The molecule has 1 aliphatic carbocycles. The van der Waals surface area contributed by atoms with Crippen molar-refractivity contribution < 1.29 is 9.47 Å². The topological polar surface area (TPSA) is 59.5 Å². The third-order valence-corrected chi connectivity index (χ3v) is 3.38. The smallest absolute Gasteiger partial charge is 0.136 e. The SMILES string of the molecule is CNc1cc(N(CCOC)CCOC)nc(C2CC2)n1. The molecule has 1 fully saturated rings. The molecule has 0 aromatic carbocycles. The number of aromatic nitrogens is 2. The van der Waals surface area contributed by atoms with Crippen molar-refractivity contribution in [2.24, 2.45) is 0 Å². The van der Waals surface area contributed by atoms with Gasteiger partial charge in [0.05, 0.1) is 13.2 Å². The molecule has 1 aliphatic rings. The van der Waals surface area contributed by atoms with Crippen LogP contribution in [0.4, 0.5) is 11.6 Å². The first-order valence-electron chi connectivity index (χ1n) is 7.08. The van der Waals surface area contributed by atoms with Crippen LogP contribution < -0.4 is 10.2 Å². The lowest BCUT2D eigenvalue weighted by atomic mass is 10.3. The van der Waals surface area contributed by atoms with Gasteiger partial charge in [0, 0.05) is 46.3 Å². The molecule has 2 rings (SSSR count). The van der Waals surface area contributed by atoms with E-state index in [0.717, 1.165) is 30.5 Å². The van der Waals surface area contributed by atoms with Gasteiger partial charge >= 0.3 is 0 Å². The normalized spacial score (nSPS) is 14.3. The van der Waals surface area contributed by atoms with Crippen LogP contribution in [0.25, 0.3) is 0 Å². The summed E-state index contributed by atoms with van der Waals surface area (Å²) in [6.07, 6.45) is 2.39. The van der Waals surface area contributed by atoms with Gasteiger partial charge in [-0.25, -0.2) is 9.97 Å². The first kappa shape index (κ1) is 15.0. The lowest BCUT2D eigenvalue weighted by Gasteiger charge is -2.24. The van der Waals surface area contributed by atoms with Crippen LogP contribution in [0.2, 0.25) is 0 Å². The van der Waals surface area contributed by atoms with Crippen molar-refractivity contribution in [2.75, 3.05) is 57.8 Å². The number of nitrogens with one attached hydrogen (secondary N) is 1. The minimum atomic E-state index is 0.536. The van der Waals surface area contributed by atoms with Gasteiger partial charge in [-0.3, -0.25) is 0 Å². The summed E-state index contributed by atoms with van der Waals surface area (Å²) >= 11 is 0. The van der Waals surface area contributed by atoms with Gasteiger partial charge in [0.15, 0.2) is 0 Å². The van der Waals surface area contributed by atoms with Gasteiger partial charge in [0.25, 0.3) is 0 Å². The molecular weight excluding hydrogens is 256 g/mol. The Hall–Kier alpha value is -1.40. The van der Waals surface area contributed by atoms with Crippen LogP contribution in [0.5, 0.6) is 0 Å². The fraction of sp³-hybridized carbons (Fsp3) is 0.714. The Kier molecular flexibility index (Phi) is 5.55. The van der Waals surface area contributed by atoms with E-state index in [9.17, 15) is 0 Å². The Labute approximate surface area is 120 Å². The van der Waals surface area contributed by atoms with E-state index in [2.05, 4.69) is 15.2 Å². The van der Waals surface area contributed by atoms with Crippen molar-refractivity contribution in [1.29, 1.82) is 0 Å². The zero-order valence-corrected chi connectivity index (χ0v) is 12.6. The van der Waals surface area contributed by atoms with Crippen LogP contribution in [0.15, 0.2) is 6.07 Å². The molecule has 112 valence electrons. The van der Waals surface area contributed by atoms with Crippen molar-refractivity contribution in [3.63, 3.8) is 0 Å². The molecule has 1 aromatic heterocycles. The van der Waals surface area contributed by atoms with Gasteiger partial charge < -0.3 is 19.7 Å². The van der Waals surface area contributed by atoms with Crippen molar-refractivity contribution >= 4 is 11.6 Å². The van der Waals surface area contributed by atoms with E-state index in [0.29, 0.717) is 19.1 Å². The number of hydrogen-bond acceptors (Lipinski definition) is 6. The lowest BCUT2D eigenvalue weighted by Crippen LogP contribution is -2.31. The first-order valence-corrected chi connectivity index (χ1v) is 7.08. The summed E-state index contributed by atoms with van der Waals surface area (Å²) in [4.78, 5) is 11.4. The van der Waals surface area contributed by atoms with Gasteiger partial charge in [-0.15, -0.1) is 0 Å². The number of methoxy groups -OCH3 is 2. The number of ether oxygens (including phenoxy) is 2. The molecule has 0 bridgehead atoms. The maximum Gasteiger partial charge on any atom is 0.136 e. The molecule has 0 radical (unpaired) electrons. The maximum atomic E-state index is 5.18. The highest BCUT2D eigenvalue weighted by Gasteiger charge is 2.27. The molecule has 0 spiro atoms. The minimum Gasteiger partial charge on any atom is -0.383 e. The van der Waals surface area contributed by atoms with Crippen molar-refractivity contribution in [1.82, 2.24) is 9.97 Å². The predicted molar refractivity (Wildman–Crippen MR) is 79.5 cm³/mol. The van der Waals surface area contributed by atoms with E-state index in [1.165, 1.54) is 12.8 Å². The van der Waals surface area contributed by atoms with Crippen LogP contribution in [0.1, 0.15) is 24.6 Å². The molecular formula is C14H24N4O2. The van der Waals surface area contributed by atoms with Crippen LogP contribution in [-0.4, -0.2) is 57.5 Å². The average Bonchev–Trinajstić information content (AvgIpc) is 3.31. The summed E-state index contributed by atoms with van der Waals surface area (Å²) in [5.41, 5.74) is 0. The predicted octanol–water partition coefficient (Wildman–Crippen LogP) is 1.49. The number of rotatable bonds is 9. The maximum absolute atomic E-state index is 5.18. The zero-order chi connectivity index (χ0) is 14.4. The molecule has 0 saturated heterocycles. The summed E-state index contributed by atoms with van der Waals surface area (Å²) in [7, 11) is 5.31. The van der Waals surface area contributed by atoms with Gasteiger partial charge in [0.1, 0.15) is 17.5 Å². The van der Waals surface area contributed by atoms with E-state index < -0.39 is 0 Å². The van der Waals surface area contributed by atoms with Crippen LogP contribution in [-0.2, 0) is 9.47 Å². The third kappa shape index (κ3) is 4.05. The molecule has 1 N–H and O–H groups in total. The molecule has 6 heteroatoms. The fourth-order valence-electron chi connectivity index (χ4n) is 2.01. The van der Waals surface area contributed by atoms with E-state index in [1.807, 2.05) is 13.1 Å². The molecule has 1 aromatic rings. The molecule has 0 atom stereocenters. The zero-order valence-electron chi connectivity index (χ0n) is 12.6. The van der Waals surface area contributed by atoms with Gasteiger partial charge in [-0.1, -0.05) is 0 Å². The molecule has 0 aliphatic heterocycles. The lowest BCUT2D eigenvalue weighted by molar-refractivity contribution is 0.190. The third-order valence-electron chi connectivity index (χ3n) is 3.38. The summed E-state index contributed by atoms with van der Waals surface area (Å²) in [6.45, 7) is 2.93. The molecule has 1 heterocycles. The average molecular weight is 280 g/mol. The monoisotopic (exact) mass is 280 g/mol. The van der Waals surface area contributed by atoms with Crippen molar-refractivity contribution in [3.8, 4) is 0 Å². The Bertz CT molecular complexity index is 416. The standard InChI is InChI=1S/C14H24N4O2/c1-15-12-10-13(17-14(16-12)11-4-5-11)18(6-8-19-2)7-9-20-3/h10-11H,4-9H2,1-3H3,(H,15,16,17). The highest BCUT2D eigenvalue weighted by molar-refractivity contribution is 5.49. The quantitative estimate of drug-likeness (QED) is 0.739. The highest BCUT2D eigenvalue weighted by Crippen LogP contribution is 2.39. The van der Waals surface area contributed by atoms with E-state index in [-0.39, 0.29) is 0 Å². The van der Waals surface area contributed by atoms with E-state index in [4.69, 9.17) is 14.5 Å². The summed E-state index contributed by atoms with van der Waals surface area (Å²) < 4.78 is 10.4.